The molecule has 0 aromatic rings. The Morgan fingerprint density at radius 3 is 2.47 bits per heavy atom. The van der Waals surface area contributed by atoms with Crippen molar-refractivity contribution in [3.63, 3.8) is 0 Å². The van der Waals surface area contributed by atoms with Crippen LogP contribution in [0.15, 0.2) is 24.8 Å². The average Bonchev–Trinajstić information content (AvgIpc) is 3.20. The van der Waals surface area contributed by atoms with Crippen LogP contribution in [0.5, 0.6) is 0 Å². The molecule has 1 heterocycles. The van der Waals surface area contributed by atoms with Gasteiger partial charge in [0, 0.05) is 11.6 Å². The first kappa shape index (κ1) is 17.4. The van der Waals surface area contributed by atoms with Gasteiger partial charge in [-0.1, -0.05) is 26.5 Å². The third-order valence-electron chi connectivity index (χ3n) is 2.06. The molecule has 0 aromatic carbocycles. The standard InChI is InChI=1S/C7H10O3.C7H12O2/c1-5(2)7(8)10-4-6-3-9-6;1-3-5-6-9-7(8)4-2/h6H,1,3-4H2,2H3;4H,2-3,5-6H2,1H3. The highest BCUT2D eigenvalue weighted by Crippen LogP contribution is 2.09. The molecule has 0 radical (unpaired) electrons. The van der Waals surface area contributed by atoms with E-state index in [1.807, 2.05) is 6.92 Å². The average molecular weight is 270 g/mol. The van der Waals surface area contributed by atoms with Crippen LogP contribution in [0, 0.1) is 0 Å². The van der Waals surface area contributed by atoms with Gasteiger partial charge in [-0.25, -0.2) is 9.59 Å². The number of carbonyl (C=O) groups excluding carboxylic acids is 2. The summed E-state index contributed by atoms with van der Waals surface area (Å²) < 4.78 is 14.3. The van der Waals surface area contributed by atoms with Gasteiger partial charge in [-0.3, -0.25) is 0 Å². The molecule has 1 unspecified atom stereocenters. The number of esters is 2. The maximum atomic E-state index is 10.7. The Labute approximate surface area is 114 Å². The second-order valence-corrected chi connectivity index (χ2v) is 4.06. The molecule has 0 N–H and O–H groups in total. The second-order valence-electron chi connectivity index (χ2n) is 4.06. The van der Waals surface area contributed by atoms with Crippen LogP contribution in [0.4, 0.5) is 0 Å². The van der Waals surface area contributed by atoms with E-state index in [1.54, 1.807) is 6.92 Å². The van der Waals surface area contributed by atoms with Gasteiger partial charge in [0.25, 0.3) is 0 Å². The van der Waals surface area contributed by atoms with Gasteiger partial charge in [-0.2, -0.15) is 0 Å². The van der Waals surface area contributed by atoms with Crippen molar-refractivity contribution in [2.24, 2.45) is 0 Å². The van der Waals surface area contributed by atoms with Gasteiger partial charge in [0.2, 0.25) is 0 Å². The first-order chi connectivity index (χ1) is 9.01. The van der Waals surface area contributed by atoms with Crippen LogP contribution < -0.4 is 0 Å². The highest BCUT2D eigenvalue weighted by molar-refractivity contribution is 5.86. The molecular weight excluding hydrogens is 248 g/mol. The zero-order valence-electron chi connectivity index (χ0n) is 11.6. The molecule has 5 heteroatoms. The first-order valence-corrected chi connectivity index (χ1v) is 6.24. The minimum absolute atomic E-state index is 0.142. The largest absolute Gasteiger partial charge is 0.463 e. The van der Waals surface area contributed by atoms with Crippen molar-refractivity contribution in [3.8, 4) is 0 Å². The zero-order valence-corrected chi connectivity index (χ0v) is 11.6. The Morgan fingerprint density at radius 1 is 1.42 bits per heavy atom. The van der Waals surface area contributed by atoms with Crippen molar-refractivity contribution in [1.82, 2.24) is 0 Å². The Bertz CT molecular complexity index is 318. The predicted octanol–water partition coefficient (Wildman–Crippen LogP) is 2.02. The number of unbranched alkanes of at least 4 members (excludes halogenated alkanes) is 1. The molecule has 1 aliphatic rings. The van der Waals surface area contributed by atoms with Gasteiger partial charge in [0.05, 0.1) is 13.2 Å². The quantitative estimate of drug-likeness (QED) is 0.306. The maximum Gasteiger partial charge on any atom is 0.333 e. The first-order valence-electron chi connectivity index (χ1n) is 6.24. The highest BCUT2D eigenvalue weighted by Gasteiger charge is 2.24. The molecule has 0 bridgehead atoms. The third kappa shape index (κ3) is 11.2. The molecule has 1 rings (SSSR count). The fraction of sp³-hybridized carbons (Fsp3) is 0.571. The third-order valence-corrected chi connectivity index (χ3v) is 2.06. The summed E-state index contributed by atoms with van der Waals surface area (Å²) in [5, 5.41) is 0. The van der Waals surface area contributed by atoms with E-state index in [0.29, 0.717) is 25.4 Å². The van der Waals surface area contributed by atoms with Crippen LogP contribution in [0.1, 0.15) is 26.7 Å². The van der Waals surface area contributed by atoms with Gasteiger partial charge in [0.15, 0.2) is 0 Å². The Hall–Kier alpha value is -1.62. The SMILES string of the molecule is C=C(C)C(=O)OCC1CO1.C=CC(=O)OCCCC. The van der Waals surface area contributed by atoms with Crippen LogP contribution in [-0.2, 0) is 23.8 Å². The van der Waals surface area contributed by atoms with Crippen LogP contribution in [0.3, 0.4) is 0 Å². The van der Waals surface area contributed by atoms with Crippen molar-refractivity contribution in [3.05, 3.63) is 24.8 Å². The van der Waals surface area contributed by atoms with E-state index in [4.69, 9.17) is 9.47 Å². The predicted molar refractivity (Wildman–Crippen MR) is 71.6 cm³/mol. The fourth-order valence-electron chi connectivity index (χ4n) is 0.832. The molecule has 5 nitrogen and oxygen atoms in total. The molecular formula is C14H22O5. The number of ether oxygens (including phenoxy) is 3. The number of epoxide rings is 1. The Morgan fingerprint density at radius 2 is 2.05 bits per heavy atom. The number of hydrogen-bond acceptors (Lipinski definition) is 5. The van der Waals surface area contributed by atoms with Crippen LogP contribution in [0.2, 0.25) is 0 Å². The number of rotatable bonds is 7. The van der Waals surface area contributed by atoms with E-state index in [1.165, 1.54) is 6.08 Å². The molecule has 0 aliphatic carbocycles. The van der Waals surface area contributed by atoms with Crippen LogP contribution in [-0.4, -0.2) is 37.9 Å². The molecule has 0 spiro atoms. The molecule has 108 valence electrons. The Balaban J connectivity index is 0.000000344. The summed E-state index contributed by atoms with van der Waals surface area (Å²) in [6, 6.07) is 0. The molecule has 1 saturated heterocycles. The van der Waals surface area contributed by atoms with E-state index in [2.05, 4.69) is 17.9 Å². The lowest BCUT2D eigenvalue weighted by Crippen LogP contribution is -2.09. The summed E-state index contributed by atoms with van der Waals surface area (Å²) in [6.45, 7) is 12.0. The molecule has 0 aromatic heterocycles. The van der Waals surface area contributed by atoms with Gasteiger partial charge < -0.3 is 14.2 Å². The minimum atomic E-state index is -0.337. The summed E-state index contributed by atoms with van der Waals surface area (Å²) in [6.07, 6.45) is 3.29. The van der Waals surface area contributed by atoms with E-state index in [0.717, 1.165) is 12.8 Å². The Kier molecular flexibility index (Phi) is 9.44. The highest BCUT2D eigenvalue weighted by atomic mass is 16.6. The van der Waals surface area contributed by atoms with Gasteiger partial charge in [-0.05, 0) is 13.3 Å². The molecule has 1 fully saturated rings. The van der Waals surface area contributed by atoms with Gasteiger partial charge in [0.1, 0.15) is 12.7 Å². The summed E-state index contributed by atoms with van der Waals surface area (Å²) >= 11 is 0. The fourth-order valence-corrected chi connectivity index (χ4v) is 0.832. The summed E-state index contributed by atoms with van der Waals surface area (Å²) in [5.74, 6) is -0.668. The van der Waals surface area contributed by atoms with Crippen molar-refractivity contribution in [1.29, 1.82) is 0 Å². The molecule has 1 atom stereocenters. The van der Waals surface area contributed by atoms with E-state index in [-0.39, 0.29) is 18.0 Å². The minimum Gasteiger partial charge on any atom is -0.463 e. The van der Waals surface area contributed by atoms with Crippen molar-refractivity contribution in [2.75, 3.05) is 19.8 Å². The number of hydrogen-bond donors (Lipinski definition) is 0. The lowest BCUT2D eigenvalue weighted by atomic mass is 10.4. The maximum absolute atomic E-state index is 10.7. The monoisotopic (exact) mass is 270 g/mol. The van der Waals surface area contributed by atoms with E-state index >= 15 is 0 Å². The zero-order chi connectivity index (χ0) is 14.7. The van der Waals surface area contributed by atoms with Crippen LogP contribution >= 0.6 is 0 Å². The van der Waals surface area contributed by atoms with Gasteiger partial charge in [-0.15, -0.1) is 0 Å². The second kappa shape index (κ2) is 10.3. The van der Waals surface area contributed by atoms with Crippen LogP contribution in [0.25, 0.3) is 0 Å². The normalized spacial score (nSPS) is 15.6. The van der Waals surface area contributed by atoms with Crippen molar-refractivity contribution >= 4 is 11.9 Å². The van der Waals surface area contributed by atoms with E-state index < -0.39 is 0 Å². The summed E-state index contributed by atoms with van der Waals surface area (Å²) in [7, 11) is 0. The summed E-state index contributed by atoms with van der Waals surface area (Å²) in [4.78, 5) is 21.0. The topological polar surface area (TPSA) is 65.1 Å². The van der Waals surface area contributed by atoms with Crippen molar-refractivity contribution in [2.45, 2.75) is 32.8 Å². The van der Waals surface area contributed by atoms with Crippen molar-refractivity contribution < 1.29 is 23.8 Å². The van der Waals surface area contributed by atoms with E-state index in [9.17, 15) is 9.59 Å². The molecule has 1 aliphatic heterocycles. The molecule has 19 heavy (non-hydrogen) atoms. The summed E-state index contributed by atoms with van der Waals surface area (Å²) in [5.41, 5.74) is 0.431. The van der Waals surface area contributed by atoms with Gasteiger partial charge >= 0.3 is 11.9 Å². The molecule has 0 amide bonds. The lowest BCUT2D eigenvalue weighted by Gasteiger charge is -1.99. The lowest BCUT2D eigenvalue weighted by molar-refractivity contribution is -0.139. The number of carbonyl (C=O) groups is 2. The molecule has 0 saturated carbocycles. The smallest absolute Gasteiger partial charge is 0.333 e.